The van der Waals surface area contributed by atoms with Crippen molar-refractivity contribution in [3.8, 4) is 0 Å². The summed E-state index contributed by atoms with van der Waals surface area (Å²) in [4.78, 5) is 11.7. The number of carbonyl (C=O) groups is 1. The molecule has 0 aromatic heterocycles. The van der Waals surface area contributed by atoms with Gasteiger partial charge in [0.15, 0.2) is 0 Å². The number of benzene rings is 2. The average molecular weight is 356 g/mol. The van der Waals surface area contributed by atoms with Crippen LogP contribution in [0.4, 0.5) is 11.4 Å². The Balaban J connectivity index is 1.60. The maximum absolute atomic E-state index is 12.7. The van der Waals surface area contributed by atoms with E-state index in [2.05, 4.69) is 10.0 Å². The minimum atomic E-state index is -3.62. The number of sulfonamides is 1. The summed E-state index contributed by atoms with van der Waals surface area (Å²) in [6.45, 7) is 0. The maximum atomic E-state index is 12.7. The van der Waals surface area contributed by atoms with Crippen LogP contribution in [-0.2, 0) is 34.1 Å². The molecule has 0 atom stereocenters. The number of hydrogen-bond donors (Lipinski definition) is 2. The second-order valence-corrected chi connectivity index (χ2v) is 8.35. The van der Waals surface area contributed by atoms with Crippen molar-refractivity contribution in [2.75, 3.05) is 10.0 Å². The third kappa shape index (κ3) is 3.26. The van der Waals surface area contributed by atoms with Gasteiger partial charge in [0.1, 0.15) is 0 Å². The van der Waals surface area contributed by atoms with E-state index in [4.69, 9.17) is 0 Å². The molecule has 0 bridgehead atoms. The lowest BCUT2D eigenvalue weighted by molar-refractivity contribution is -0.116. The van der Waals surface area contributed by atoms with Crippen LogP contribution < -0.4 is 10.0 Å². The molecule has 0 saturated carbocycles. The number of carbonyl (C=O) groups excluding carboxylic acids is 1. The first-order chi connectivity index (χ1) is 12.0. The van der Waals surface area contributed by atoms with Gasteiger partial charge in [0.25, 0.3) is 10.0 Å². The molecule has 0 spiro atoms. The lowest BCUT2D eigenvalue weighted by Gasteiger charge is -2.19. The molecule has 1 amide bonds. The number of aryl methyl sites for hydroxylation is 3. The van der Waals surface area contributed by atoms with Gasteiger partial charge in [-0.2, -0.15) is 0 Å². The Kier molecular flexibility index (Phi) is 4.00. The van der Waals surface area contributed by atoms with Crippen LogP contribution in [0.15, 0.2) is 41.3 Å². The van der Waals surface area contributed by atoms with Crippen LogP contribution in [0.25, 0.3) is 0 Å². The van der Waals surface area contributed by atoms with Crippen LogP contribution in [0.5, 0.6) is 0 Å². The molecule has 0 unspecified atom stereocenters. The Morgan fingerprint density at radius 3 is 2.48 bits per heavy atom. The summed E-state index contributed by atoms with van der Waals surface area (Å²) in [5, 5.41) is 2.80. The Labute approximate surface area is 147 Å². The van der Waals surface area contributed by atoms with E-state index in [1.54, 1.807) is 30.3 Å². The van der Waals surface area contributed by atoms with E-state index in [9.17, 15) is 13.2 Å². The van der Waals surface area contributed by atoms with Gasteiger partial charge >= 0.3 is 0 Å². The summed E-state index contributed by atoms with van der Waals surface area (Å²) in [5.74, 6) is -0.00473. The van der Waals surface area contributed by atoms with Crippen molar-refractivity contribution in [2.45, 2.75) is 43.4 Å². The van der Waals surface area contributed by atoms with Crippen LogP contribution in [0.3, 0.4) is 0 Å². The highest BCUT2D eigenvalue weighted by Gasteiger charge is 2.20. The highest BCUT2D eigenvalue weighted by atomic mass is 32.2. The third-order valence-electron chi connectivity index (χ3n) is 4.88. The van der Waals surface area contributed by atoms with E-state index in [0.717, 1.165) is 36.1 Å². The molecule has 25 heavy (non-hydrogen) atoms. The van der Waals surface area contributed by atoms with E-state index < -0.39 is 10.0 Å². The fourth-order valence-electron chi connectivity index (χ4n) is 3.54. The SMILES string of the molecule is O=C1CCc2cc(NS(=O)(=O)c3ccc4c(c3)CCCC4)ccc2N1. The number of fused-ring (bicyclic) bond motifs is 2. The summed E-state index contributed by atoms with van der Waals surface area (Å²) < 4.78 is 28.1. The first kappa shape index (κ1) is 16.1. The highest BCUT2D eigenvalue weighted by molar-refractivity contribution is 7.92. The van der Waals surface area contributed by atoms with Gasteiger partial charge in [-0.05, 0) is 79.1 Å². The summed E-state index contributed by atoms with van der Waals surface area (Å²) in [7, 11) is -3.62. The monoisotopic (exact) mass is 356 g/mol. The quantitative estimate of drug-likeness (QED) is 0.886. The van der Waals surface area contributed by atoms with Crippen LogP contribution in [0, 0.1) is 0 Å². The van der Waals surface area contributed by atoms with Gasteiger partial charge in [0, 0.05) is 17.8 Å². The van der Waals surface area contributed by atoms with Gasteiger partial charge in [-0.1, -0.05) is 6.07 Å². The average Bonchev–Trinajstić information content (AvgIpc) is 2.61. The number of hydrogen-bond acceptors (Lipinski definition) is 3. The maximum Gasteiger partial charge on any atom is 0.261 e. The summed E-state index contributed by atoms with van der Waals surface area (Å²) in [6, 6.07) is 10.6. The molecule has 2 aromatic rings. The van der Waals surface area contributed by atoms with E-state index >= 15 is 0 Å². The molecule has 2 N–H and O–H groups in total. The first-order valence-corrected chi connectivity index (χ1v) is 10.1. The molecule has 130 valence electrons. The second kappa shape index (κ2) is 6.19. The molecule has 1 aliphatic heterocycles. The van der Waals surface area contributed by atoms with E-state index in [1.807, 2.05) is 6.07 Å². The Hall–Kier alpha value is -2.34. The topological polar surface area (TPSA) is 75.3 Å². The van der Waals surface area contributed by atoms with E-state index in [0.29, 0.717) is 23.4 Å². The van der Waals surface area contributed by atoms with Crippen molar-refractivity contribution in [1.82, 2.24) is 0 Å². The number of amides is 1. The fraction of sp³-hybridized carbons (Fsp3) is 0.316. The standard InChI is InChI=1S/C19H20N2O3S/c22-19-10-6-15-11-16(7-9-18(15)20-19)21-25(23,24)17-8-5-13-3-1-2-4-14(13)12-17/h5,7-9,11-12,21H,1-4,6,10H2,(H,20,22). The van der Waals surface area contributed by atoms with Crippen molar-refractivity contribution < 1.29 is 13.2 Å². The van der Waals surface area contributed by atoms with Crippen LogP contribution in [0.2, 0.25) is 0 Å². The molecule has 1 aliphatic carbocycles. The van der Waals surface area contributed by atoms with Crippen molar-refractivity contribution in [3.63, 3.8) is 0 Å². The van der Waals surface area contributed by atoms with Crippen molar-refractivity contribution in [1.29, 1.82) is 0 Å². The predicted octanol–water partition coefficient (Wildman–Crippen LogP) is 3.25. The largest absolute Gasteiger partial charge is 0.326 e. The number of nitrogens with one attached hydrogen (secondary N) is 2. The van der Waals surface area contributed by atoms with Gasteiger partial charge in [-0.3, -0.25) is 9.52 Å². The van der Waals surface area contributed by atoms with Gasteiger partial charge in [0.2, 0.25) is 5.91 Å². The molecule has 2 aromatic carbocycles. The second-order valence-electron chi connectivity index (χ2n) is 6.66. The molecule has 0 saturated heterocycles. The smallest absolute Gasteiger partial charge is 0.261 e. The lowest BCUT2D eigenvalue weighted by Crippen LogP contribution is -2.19. The molecular formula is C19H20N2O3S. The minimum absolute atomic E-state index is 0.00473. The molecule has 5 nitrogen and oxygen atoms in total. The fourth-order valence-corrected chi connectivity index (χ4v) is 4.64. The summed E-state index contributed by atoms with van der Waals surface area (Å²) in [5.41, 5.74) is 4.63. The molecule has 0 fully saturated rings. The zero-order valence-corrected chi connectivity index (χ0v) is 14.7. The lowest BCUT2D eigenvalue weighted by atomic mass is 9.92. The first-order valence-electron chi connectivity index (χ1n) is 8.59. The van der Waals surface area contributed by atoms with Gasteiger partial charge in [0.05, 0.1) is 4.90 Å². The Morgan fingerprint density at radius 2 is 1.64 bits per heavy atom. The van der Waals surface area contributed by atoms with E-state index in [-0.39, 0.29) is 5.91 Å². The van der Waals surface area contributed by atoms with Crippen molar-refractivity contribution in [3.05, 3.63) is 53.1 Å². The third-order valence-corrected chi connectivity index (χ3v) is 6.26. The minimum Gasteiger partial charge on any atom is -0.326 e. The Morgan fingerprint density at radius 1 is 0.840 bits per heavy atom. The van der Waals surface area contributed by atoms with Crippen LogP contribution >= 0.6 is 0 Å². The van der Waals surface area contributed by atoms with Crippen molar-refractivity contribution >= 4 is 27.3 Å². The molecule has 4 rings (SSSR count). The highest BCUT2D eigenvalue weighted by Crippen LogP contribution is 2.28. The molecule has 0 radical (unpaired) electrons. The Bertz CT molecular complexity index is 951. The van der Waals surface area contributed by atoms with Gasteiger partial charge < -0.3 is 5.32 Å². The predicted molar refractivity (Wildman–Crippen MR) is 97.3 cm³/mol. The van der Waals surface area contributed by atoms with Crippen molar-refractivity contribution in [2.24, 2.45) is 0 Å². The normalized spacial score (nSPS) is 16.6. The zero-order valence-electron chi connectivity index (χ0n) is 13.8. The molecule has 6 heteroatoms. The summed E-state index contributed by atoms with van der Waals surface area (Å²) in [6.07, 6.45) is 5.30. The zero-order chi connectivity index (χ0) is 17.4. The number of anilines is 2. The van der Waals surface area contributed by atoms with Crippen LogP contribution in [-0.4, -0.2) is 14.3 Å². The van der Waals surface area contributed by atoms with Gasteiger partial charge in [-0.25, -0.2) is 8.42 Å². The summed E-state index contributed by atoms with van der Waals surface area (Å²) >= 11 is 0. The molecular weight excluding hydrogens is 336 g/mol. The molecule has 2 aliphatic rings. The number of rotatable bonds is 3. The molecule has 1 heterocycles. The van der Waals surface area contributed by atoms with Crippen LogP contribution in [0.1, 0.15) is 36.0 Å². The van der Waals surface area contributed by atoms with E-state index in [1.165, 1.54) is 12.0 Å². The van der Waals surface area contributed by atoms with Gasteiger partial charge in [-0.15, -0.1) is 0 Å².